The van der Waals surface area contributed by atoms with Crippen LogP contribution in [0.2, 0.25) is 0 Å². The first-order chi connectivity index (χ1) is 9.19. The minimum Gasteiger partial charge on any atom is -0.301 e. The third kappa shape index (κ3) is 4.63. The molecule has 0 bridgehead atoms. The highest BCUT2D eigenvalue weighted by Crippen LogP contribution is 2.00. The topological polar surface area (TPSA) is 79.7 Å². The number of nitrogens with zero attached hydrogens (tertiary/aromatic N) is 3. The Morgan fingerprint density at radius 3 is 2.79 bits per heavy atom. The number of hydrogen-bond acceptors (Lipinski definition) is 4. The Hall–Kier alpha value is -2.63. The van der Waals surface area contributed by atoms with E-state index < -0.39 is 11.9 Å². The molecule has 0 saturated heterocycles. The van der Waals surface area contributed by atoms with Crippen LogP contribution in [-0.4, -0.2) is 40.9 Å². The van der Waals surface area contributed by atoms with Gasteiger partial charge in [0, 0.05) is 18.5 Å². The standard InChI is InChI=1S/C13H13N3O3/c1-2-14-13(19)16(9-10-17)12(18)7-6-11-5-3-4-8-15-11/h2-8,10H,9H2,1H3. The lowest BCUT2D eigenvalue weighted by Crippen LogP contribution is -2.35. The minimum atomic E-state index is -0.773. The highest BCUT2D eigenvalue weighted by molar-refractivity contribution is 6.04. The fourth-order valence-corrected chi connectivity index (χ4v) is 1.24. The van der Waals surface area contributed by atoms with Crippen molar-refractivity contribution in [3.8, 4) is 0 Å². The van der Waals surface area contributed by atoms with E-state index in [1.165, 1.54) is 18.4 Å². The van der Waals surface area contributed by atoms with Crippen LogP contribution in [0.3, 0.4) is 0 Å². The van der Waals surface area contributed by atoms with Gasteiger partial charge in [0.15, 0.2) is 0 Å². The lowest BCUT2D eigenvalue weighted by Gasteiger charge is -2.12. The molecule has 0 aromatic carbocycles. The molecule has 1 rings (SSSR count). The lowest BCUT2D eigenvalue weighted by atomic mass is 10.3. The summed E-state index contributed by atoms with van der Waals surface area (Å²) in [5.41, 5.74) is 0.577. The number of pyridine rings is 1. The monoisotopic (exact) mass is 259 g/mol. The zero-order chi connectivity index (χ0) is 14.1. The lowest BCUT2D eigenvalue weighted by molar-refractivity contribution is -0.125. The van der Waals surface area contributed by atoms with Crippen LogP contribution in [0, 0.1) is 0 Å². The Bertz CT molecular complexity index is 509. The Balaban J connectivity index is 2.80. The minimum absolute atomic E-state index is 0.332. The van der Waals surface area contributed by atoms with Crippen LogP contribution >= 0.6 is 0 Å². The molecule has 0 aliphatic heterocycles. The summed E-state index contributed by atoms with van der Waals surface area (Å²) in [7, 11) is 0. The average Bonchev–Trinajstić information content (AvgIpc) is 2.43. The van der Waals surface area contributed by atoms with Crippen LogP contribution in [0.15, 0.2) is 35.5 Å². The van der Waals surface area contributed by atoms with E-state index in [1.54, 1.807) is 31.3 Å². The summed E-state index contributed by atoms with van der Waals surface area (Å²) in [6, 6.07) is 4.45. The molecule has 3 amide bonds. The predicted octanol–water partition coefficient (Wildman–Crippen LogP) is 1.33. The summed E-state index contributed by atoms with van der Waals surface area (Å²) in [5, 5.41) is 0. The Morgan fingerprint density at radius 1 is 1.42 bits per heavy atom. The molecule has 6 heteroatoms. The number of imide groups is 1. The van der Waals surface area contributed by atoms with Gasteiger partial charge in [0.05, 0.1) is 12.2 Å². The van der Waals surface area contributed by atoms with Crippen molar-refractivity contribution in [3.05, 3.63) is 36.2 Å². The molecule has 0 fully saturated rings. The molecule has 0 unspecified atom stereocenters. The van der Waals surface area contributed by atoms with E-state index in [4.69, 9.17) is 0 Å². The van der Waals surface area contributed by atoms with Gasteiger partial charge in [0.1, 0.15) is 6.29 Å². The van der Waals surface area contributed by atoms with Gasteiger partial charge in [-0.05, 0) is 25.1 Å². The van der Waals surface area contributed by atoms with Gasteiger partial charge >= 0.3 is 6.03 Å². The van der Waals surface area contributed by atoms with E-state index in [-0.39, 0.29) is 6.54 Å². The molecule has 98 valence electrons. The van der Waals surface area contributed by atoms with Crippen LogP contribution in [0.25, 0.3) is 6.08 Å². The van der Waals surface area contributed by atoms with Crippen molar-refractivity contribution in [1.29, 1.82) is 0 Å². The van der Waals surface area contributed by atoms with Crippen molar-refractivity contribution in [3.63, 3.8) is 0 Å². The van der Waals surface area contributed by atoms with Crippen LogP contribution in [0.4, 0.5) is 4.79 Å². The maximum Gasteiger partial charge on any atom is 0.350 e. The number of carbonyl (C=O) groups excluding carboxylic acids is 3. The van der Waals surface area contributed by atoms with Gasteiger partial charge in [-0.1, -0.05) is 6.07 Å². The van der Waals surface area contributed by atoms with Crippen molar-refractivity contribution >= 4 is 30.5 Å². The van der Waals surface area contributed by atoms with Crippen molar-refractivity contribution in [1.82, 2.24) is 9.88 Å². The maximum atomic E-state index is 11.8. The second-order valence-corrected chi connectivity index (χ2v) is 3.37. The Labute approximate surface area is 110 Å². The van der Waals surface area contributed by atoms with Crippen molar-refractivity contribution in [2.24, 2.45) is 4.99 Å². The molecule has 0 spiro atoms. The molecule has 0 aliphatic rings. The van der Waals surface area contributed by atoms with E-state index in [9.17, 15) is 14.4 Å². The molecular formula is C13H13N3O3. The Morgan fingerprint density at radius 2 is 2.21 bits per heavy atom. The van der Waals surface area contributed by atoms with Crippen LogP contribution in [0.1, 0.15) is 12.6 Å². The number of aliphatic imine (C=N–C) groups is 1. The first-order valence-electron chi connectivity index (χ1n) is 5.56. The van der Waals surface area contributed by atoms with Crippen LogP contribution in [0.5, 0.6) is 0 Å². The summed E-state index contributed by atoms with van der Waals surface area (Å²) >= 11 is 0. The van der Waals surface area contributed by atoms with E-state index in [2.05, 4.69) is 9.98 Å². The molecule has 1 aromatic rings. The fraction of sp³-hybridized carbons (Fsp3) is 0.154. The summed E-state index contributed by atoms with van der Waals surface area (Å²) in [6.45, 7) is 1.22. The second kappa shape index (κ2) is 7.65. The molecule has 0 radical (unpaired) electrons. The molecule has 0 N–H and O–H groups in total. The molecule has 19 heavy (non-hydrogen) atoms. The molecule has 0 atom stereocenters. The number of rotatable bonds is 4. The number of aromatic nitrogens is 1. The van der Waals surface area contributed by atoms with Gasteiger partial charge in [-0.2, -0.15) is 0 Å². The Kier molecular flexibility index (Phi) is 5.81. The zero-order valence-electron chi connectivity index (χ0n) is 10.4. The van der Waals surface area contributed by atoms with Crippen molar-refractivity contribution < 1.29 is 14.4 Å². The van der Waals surface area contributed by atoms with Crippen LogP contribution in [-0.2, 0) is 9.59 Å². The first kappa shape index (κ1) is 14.4. The molecule has 6 nitrogen and oxygen atoms in total. The van der Waals surface area contributed by atoms with Gasteiger partial charge in [-0.15, -0.1) is 0 Å². The summed E-state index contributed by atoms with van der Waals surface area (Å²) in [5.74, 6) is -0.617. The van der Waals surface area contributed by atoms with Gasteiger partial charge < -0.3 is 4.79 Å². The molecule has 0 aliphatic carbocycles. The van der Waals surface area contributed by atoms with Gasteiger partial charge in [0.2, 0.25) is 0 Å². The van der Waals surface area contributed by atoms with E-state index in [0.29, 0.717) is 12.0 Å². The maximum absolute atomic E-state index is 11.8. The SMILES string of the molecule is CC=NC(=O)N(CC=O)C(=O)C=Cc1ccccn1. The summed E-state index contributed by atoms with van der Waals surface area (Å²) in [4.78, 5) is 41.9. The van der Waals surface area contributed by atoms with E-state index in [1.807, 2.05) is 0 Å². The quantitative estimate of drug-likeness (QED) is 0.464. The number of aldehydes is 1. The summed E-state index contributed by atoms with van der Waals surface area (Å²) in [6.07, 6.45) is 5.95. The zero-order valence-corrected chi connectivity index (χ0v) is 10.4. The van der Waals surface area contributed by atoms with Crippen LogP contribution < -0.4 is 0 Å². The first-order valence-corrected chi connectivity index (χ1v) is 5.56. The number of carbonyl (C=O) groups is 3. The normalized spacial score (nSPS) is 10.8. The predicted molar refractivity (Wildman–Crippen MR) is 70.6 cm³/mol. The number of amides is 3. The molecule has 1 heterocycles. The number of hydrogen-bond donors (Lipinski definition) is 0. The molecule has 0 saturated carbocycles. The van der Waals surface area contributed by atoms with E-state index >= 15 is 0 Å². The molecular weight excluding hydrogens is 246 g/mol. The second-order valence-electron chi connectivity index (χ2n) is 3.37. The highest BCUT2D eigenvalue weighted by Gasteiger charge is 2.17. The van der Waals surface area contributed by atoms with Gasteiger partial charge in [-0.3, -0.25) is 14.7 Å². The van der Waals surface area contributed by atoms with Crippen molar-refractivity contribution in [2.45, 2.75) is 6.92 Å². The van der Waals surface area contributed by atoms with Gasteiger partial charge in [0.25, 0.3) is 5.91 Å². The fourth-order valence-electron chi connectivity index (χ4n) is 1.24. The molecule has 1 aromatic heterocycles. The third-order valence-corrected chi connectivity index (χ3v) is 2.08. The average molecular weight is 259 g/mol. The van der Waals surface area contributed by atoms with Crippen molar-refractivity contribution in [2.75, 3.05) is 6.54 Å². The third-order valence-electron chi connectivity index (χ3n) is 2.08. The number of urea groups is 1. The van der Waals surface area contributed by atoms with Gasteiger partial charge in [-0.25, -0.2) is 9.79 Å². The largest absolute Gasteiger partial charge is 0.350 e. The van der Waals surface area contributed by atoms with E-state index in [0.717, 1.165) is 4.90 Å². The summed E-state index contributed by atoms with van der Waals surface area (Å²) < 4.78 is 0. The smallest absolute Gasteiger partial charge is 0.301 e. The highest BCUT2D eigenvalue weighted by atomic mass is 16.2.